The molecule has 0 aliphatic rings. The number of ether oxygens (including phenoxy) is 4. The highest BCUT2D eigenvalue weighted by molar-refractivity contribution is 7.09. The number of benzene rings is 4. The molecule has 2 aromatic heterocycles. The number of hydrogen-bond acceptors (Lipinski definition) is 14. The van der Waals surface area contributed by atoms with Crippen molar-refractivity contribution in [2.24, 2.45) is 0 Å². The molecule has 6 rings (SSSR count). The summed E-state index contributed by atoms with van der Waals surface area (Å²) in [6.07, 6.45) is 0.741. The standard InChI is InChI=1S/C18H19N3O2S.C12H14ClN3O2S.C6H7BO2.CH4/c1-22-15-9-8-14(16(11-15)23-2)12-19-18-20-17(21-24-18)10-13-6-4-3-5-7-13;1-17-9-4-3-8(10(5-9)18-2)7-14-12-15-11(6-13)16-19-12;8-7(9)6-4-2-1-3-5-6;/h3-9,11H,10,12H2,1-2H3,(H,19,20,21);3-5H,6-7H2,1-2H3,(H,14,15,16);1-5,8-9H;1H4. The number of anilines is 2. The normalized spacial score (nSPS) is 9.94. The molecule has 53 heavy (non-hydrogen) atoms. The Kier molecular flexibility index (Phi) is 18.3. The third-order valence-electron chi connectivity index (χ3n) is 7.21. The van der Waals surface area contributed by atoms with Gasteiger partial charge in [0, 0.05) is 65.8 Å². The highest BCUT2D eigenvalue weighted by atomic mass is 35.5. The molecule has 0 aliphatic heterocycles. The Morgan fingerprint density at radius 2 is 1.11 bits per heavy atom. The lowest BCUT2D eigenvalue weighted by Gasteiger charge is -2.10. The fraction of sp³-hybridized carbons (Fsp3) is 0.243. The van der Waals surface area contributed by atoms with Crippen LogP contribution in [0.2, 0.25) is 0 Å². The van der Waals surface area contributed by atoms with Gasteiger partial charge in [-0.05, 0) is 35.3 Å². The Labute approximate surface area is 324 Å². The highest BCUT2D eigenvalue weighted by Gasteiger charge is 2.10. The molecule has 2 heterocycles. The highest BCUT2D eigenvalue weighted by Crippen LogP contribution is 2.27. The van der Waals surface area contributed by atoms with E-state index in [4.69, 9.17) is 40.6 Å². The van der Waals surface area contributed by atoms with Gasteiger partial charge in [0.25, 0.3) is 0 Å². The second-order valence-electron chi connectivity index (χ2n) is 10.7. The summed E-state index contributed by atoms with van der Waals surface area (Å²) >= 11 is 8.32. The number of nitrogens with zero attached hydrogens (tertiary/aromatic N) is 4. The summed E-state index contributed by atoms with van der Waals surface area (Å²) in [6, 6.07) is 30.3. The van der Waals surface area contributed by atoms with E-state index in [0.717, 1.165) is 56.6 Å². The first-order chi connectivity index (χ1) is 25.3. The molecular weight excluding hydrogens is 735 g/mol. The fourth-order valence-electron chi connectivity index (χ4n) is 4.52. The number of nitrogens with one attached hydrogen (secondary N) is 2. The molecule has 0 saturated heterocycles. The van der Waals surface area contributed by atoms with E-state index in [-0.39, 0.29) is 7.43 Å². The van der Waals surface area contributed by atoms with Crippen molar-refractivity contribution in [2.75, 3.05) is 39.1 Å². The minimum absolute atomic E-state index is 0. The predicted molar refractivity (Wildman–Crippen MR) is 215 cm³/mol. The third-order valence-corrected chi connectivity index (χ3v) is 8.87. The van der Waals surface area contributed by atoms with Crippen molar-refractivity contribution in [3.63, 3.8) is 0 Å². The van der Waals surface area contributed by atoms with Crippen LogP contribution < -0.4 is 35.0 Å². The van der Waals surface area contributed by atoms with Gasteiger partial charge >= 0.3 is 7.12 Å². The average molecular weight is 779 g/mol. The number of methoxy groups -OCH3 is 4. The molecule has 0 unspecified atom stereocenters. The largest absolute Gasteiger partial charge is 0.497 e. The van der Waals surface area contributed by atoms with Crippen LogP contribution in [-0.2, 0) is 25.4 Å². The van der Waals surface area contributed by atoms with E-state index < -0.39 is 7.12 Å². The van der Waals surface area contributed by atoms with Gasteiger partial charge in [0.05, 0.1) is 34.3 Å². The van der Waals surface area contributed by atoms with E-state index in [1.165, 1.54) is 28.6 Å². The Morgan fingerprint density at radius 1 is 0.642 bits per heavy atom. The van der Waals surface area contributed by atoms with Gasteiger partial charge in [0.1, 0.15) is 28.8 Å². The molecule has 0 spiro atoms. The van der Waals surface area contributed by atoms with Gasteiger partial charge < -0.3 is 39.6 Å². The molecule has 0 amide bonds. The molecule has 0 aliphatic carbocycles. The van der Waals surface area contributed by atoms with Gasteiger partial charge in [-0.25, -0.2) is 9.97 Å². The molecule has 0 atom stereocenters. The zero-order valence-electron chi connectivity index (χ0n) is 29.2. The number of rotatable bonds is 14. The van der Waals surface area contributed by atoms with Crippen LogP contribution in [0.4, 0.5) is 10.3 Å². The van der Waals surface area contributed by atoms with Crippen LogP contribution >= 0.6 is 34.7 Å². The second kappa shape index (κ2) is 22.9. The molecule has 0 radical (unpaired) electrons. The van der Waals surface area contributed by atoms with Gasteiger partial charge in [-0.1, -0.05) is 68.1 Å². The Balaban J connectivity index is 0.000000232. The van der Waals surface area contributed by atoms with Crippen molar-refractivity contribution >= 4 is 57.5 Å². The summed E-state index contributed by atoms with van der Waals surface area (Å²) in [5.41, 5.74) is 3.79. The van der Waals surface area contributed by atoms with Crippen LogP contribution in [0.1, 0.15) is 35.8 Å². The lowest BCUT2D eigenvalue weighted by atomic mass is 9.81. The summed E-state index contributed by atoms with van der Waals surface area (Å²) in [4.78, 5) is 8.77. The van der Waals surface area contributed by atoms with Crippen molar-refractivity contribution in [3.8, 4) is 23.0 Å². The van der Waals surface area contributed by atoms with Gasteiger partial charge in [-0.2, -0.15) is 8.75 Å². The first-order valence-electron chi connectivity index (χ1n) is 15.9. The van der Waals surface area contributed by atoms with Gasteiger partial charge in [-0.3, -0.25) is 0 Å². The number of halogens is 1. The maximum Gasteiger partial charge on any atom is 0.488 e. The monoisotopic (exact) mass is 778 g/mol. The lowest BCUT2D eigenvalue weighted by molar-refractivity contribution is 0.391. The molecule has 280 valence electrons. The van der Waals surface area contributed by atoms with Gasteiger partial charge in [0.15, 0.2) is 5.82 Å². The smallest absolute Gasteiger partial charge is 0.488 e. The third kappa shape index (κ3) is 13.9. The van der Waals surface area contributed by atoms with Gasteiger partial charge in [-0.15, -0.1) is 11.6 Å². The van der Waals surface area contributed by atoms with Gasteiger partial charge in [0.2, 0.25) is 10.3 Å². The van der Waals surface area contributed by atoms with Crippen molar-refractivity contribution in [2.45, 2.75) is 32.8 Å². The molecule has 16 heteroatoms. The lowest BCUT2D eigenvalue weighted by Crippen LogP contribution is -2.29. The molecule has 4 aromatic carbocycles. The van der Waals surface area contributed by atoms with Crippen LogP contribution in [0, 0.1) is 0 Å². The van der Waals surface area contributed by atoms with Crippen LogP contribution in [-0.4, -0.2) is 64.3 Å². The summed E-state index contributed by atoms with van der Waals surface area (Å²) < 4.78 is 29.6. The van der Waals surface area contributed by atoms with Crippen LogP contribution in [0.15, 0.2) is 97.1 Å². The number of aromatic nitrogens is 4. The van der Waals surface area contributed by atoms with Crippen molar-refractivity contribution < 1.29 is 29.0 Å². The minimum atomic E-state index is -1.34. The quantitative estimate of drug-likeness (QED) is 0.0691. The fourth-order valence-corrected chi connectivity index (χ4v) is 5.87. The second-order valence-corrected chi connectivity index (χ2v) is 12.4. The maximum absolute atomic E-state index is 8.58. The Bertz CT molecular complexity index is 1920. The van der Waals surface area contributed by atoms with E-state index in [9.17, 15) is 0 Å². The van der Waals surface area contributed by atoms with Crippen molar-refractivity contribution in [1.82, 2.24) is 18.7 Å². The topological polar surface area (TPSA) is 153 Å². The molecule has 4 N–H and O–H groups in total. The molecule has 12 nitrogen and oxygen atoms in total. The van der Waals surface area contributed by atoms with Crippen molar-refractivity contribution in [3.05, 3.63) is 125 Å². The average Bonchev–Trinajstić information content (AvgIpc) is 3.86. The van der Waals surface area contributed by atoms with Crippen LogP contribution in [0.25, 0.3) is 0 Å². The summed E-state index contributed by atoms with van der Waals surface area (Å²) in [5.74, 6) is 4.89. The first-order valence-corrected chi connectivity index (χ1v) is 18.0. The Hall–Kier alpha value is -4.93. The van der Waals surface area contributed by atoms with E-state index in [1.54, 1.807) is 52.7 Å². The predicted octanol–water partition coefficient (Wildman–Crippen LogP) is 6.67. The summed E-state index contributed by atoms with van der Waals surface area (Å²) in [5, 5.41) is 25.2. The summed E-state index contributed by atoms with van der Waals surface area (Å²) in [7, 11) is 5.21. The van der Waals surface area contributed by atoms with E-state index in [1.807, 2.05) is 60.7 Å². The molecule has 0 bridgehead atoms. The number of alkyl halides is 1. The molecular formula is C37H44BClN6O6S2. The van der Waals surface area contributed by atoms with E-state index in [0.29, 0.717) is 30.3 Å². The molecule has 0 saturated carbocycles. The Morgan fingerprint density at radius 3 is 1.53 bits per heavy atom. The maximum atomic E-state index is 8.58. The van der Waals surface area contributed by atoms with E-state index >= 15 is 0 Å². The van der Waals surface area contributed by atoms with Crippen LogP contribution in [0.3, 0.4) is 0 Å². The minimum Gasteiger partial charge on any atom is -0.497 e. The van der Waals surface area contributed by atoms with E-state index in [2.05, 4.69) is 41.5 Å². The zero-order valence-corrected chi connectivity index (χ0v) is 31.5. The zero-order chi connectivity index (χ0) is 37.1. The SMILES string of the molecule is C.COc1ccc(CNc2nc(CCl)ns2)c(OC)c1.COc1ccc(CNc2nc(Cc3ccccc3)ns2)c(OC)c1.OB(O)c1ccccc1. The van der Waals surface area contributed by atoms with Crippen molar-refractivity contribution in [1.29, 1.82) is 0 Å². The molecule has 6 aromatic rings. The van der Waals surface area contributed by atoms with Crippen LogP contribution in [0.5, 0.6) is 23.0 Å². The molecule has 0 fully saturated rings. The first kappa shape index (κ1) is 42.5. The summed E-state index contributed by atoms with van der Waals surface area (Å²) in [6.45, 7) is 1.22. The number of hydrogen-bond donors (Lipinski definition) is 4.